The van der Waals surface area contributed by atoms with Gasteiger partial charge in [0.05, 0.1) is 11.7 Å². The highest BCUT2D eigenvalue weighted by molar-refractivity contribution is 6.31. The van der Waals surface area contributed by atoms with Crippen LogP contribution in [0.2, 0.25) is 5.02 Å². The van der Waals surface area contributed by atoms with Gasteiger partial charge in [-0.25, -0.2) is 0 Å². The SMILES string of the molecule is O=c1cc(-c2cc(Cl)ccc2-n2cnnn2)cc2n1[C@H](c1nnc(-c3cc[c]cc3)[nH]1)CC2. The molecule has 4 heterocycles. The quantitative estimate of drug-likeness (QED) is 0.445. The maximum Gasteiger partial charge on any atom is 0.252 e. The lowest BCUT2D eigenvalue weighted by Gasteiger charge is -2.14. The second kappa shape index (κ2) is 7.79. The molecule has 1 atom stereocenters. The van der Waals surface area contributed by atoms with Crippen molar-refractivity contribution in [2.24, 2.45) is 0 Å². The van der Waals surface area contributed by atoms with Crippen LogP contribution >= 0.6 is 11.6 Å². The Morgan fingerprint density at radius 2 is 1.94 bits per heavy atom. The molecule has 6 rings (SSSR count). The first-order valence-corrected chi connectivity index (χ1v) is 10.7. The van der Waals surface area contributed by atoms with Gasteiger partial charge in [0.2, 0.25) is 0 Å². The Labute approximate surface area is 192 Å². The highest BCUT2D eigenvalue weighted by Crippen LogP contribution is 2.34. The first kappa shape index (κ1) is 19.6. The van der Waals surface area contributed by atoms with Gasteiger partial charge in [0, 0.05) is 27.9 Å². The monoisotopic (exact) mass is 455 g/mol. The average Bonchev–Trinajstić information content (AvgIpc) is 3.60. The lowest BCUT2D eigenvalue weighted by Crippen LogP contribution is -2.24. The molecule has 1 N–H and O–H groups in total. The summed E-state index contributed by atoms with van der Waals surface area (Å²) in [4.78, 5) is 16.5. The molecule has 33 heavy (non-hydrogen) atoms. The zero-order chi connectivity index (χ0) is 22.4. The van der Waals surface area contributed by atoms with Crippen molar-refractivity contribution < 1.29 is 0 Å². The summed E-state index contributed by atoms with van der Waals surface area (Å²) in [5.41, 5.74) is 4.02. The third-order valence-corrected chi connectivity index (χ3v) is 6.05. The number of nitrogens with zero attached hydrogens (tertiary/aromatic N) is 7. The number of fused-ring (bicyclic) bond motifs is 1. The van der Waals surface area contributed by atoms with E-state index in [9.17, 15) is 4.79 Å². The topological polar surface area (TPSA) is 107 Å². The van der Waals surface area contributed by atoms with E-state index in [4.69, 9.17) is 11.6 Å². The molecule has 1 aliphatic heterocycles. The van der Waals surface area contributed by atoms with Gasteiger partial charge in [0.25, 0.3) is 5.56 Å². The summed E-state index contributed by atoms with van der Waals surface area (Å²) in [6, 6.07) is 19.3. The number of pyridine rings is 1. The molecular formula is C23H16ClN8O. The summed E-state index contributed by atoms with van der Waals surface area (Å²) in [7, 11) is 0. The molecule has 0 saturated carbocycles. The molecule has 0 spiro atoms. The molecule has 10 heteroatoms. The molecule has 5 aromatic rings. The van der Waals surface area contributed by atoms with Crippen molar-refractivity contribution in [1.82, 2.24) is 40.0 Å². The molecule has 1 radical (unpaired) electrons. The average molecular weight is 456 g/mol. The van der Waals surface area contributed by atoms with Crippen molar-refractivity contribution >= 4 is 11.6 Å². The number of aromatic amines is 1. The summed E-state index contributed by atoms with van der Waals surface area (Å²) in [6.07, 6.45) is 3.01. The van der Waals surface area contributed by atoms with Gasteiger partial charge in [-0.1, -0.05) is 35.9 Å². The van der Waals surface area contributed by atoms with E-state index in [2.05, 4.69) is 36.8 Å². The first-order chi connectivity index (χ1) is 16.2. The predicted octanol–water partition coefficient (Wildman–Crippen LogP) is 3.27. The van der Waals surface area contributed by atoms with E-state index in [1.165, 1.54) is 6.33 Å². The number of hydrogen-bond acceptors (Lipinski definition) is 6. The molecule has 161 valence electrons. The molecule has 0 unspecified atom stereocenters. The van der Waals surface area contributed by atoms with Crippen LogP contribution in [-0.4, -0.2) is 40.0 Å². The van der Waals surface area contributed by atoms with Crippen LogP contribution in [-0.2, 0) is 6.42 Å². The van der Waals surface area contributed by atoms with Gasteiger partial charge in [-0.3, -0.25) is 4.79 Å². The molecule has 3 aromatic heterocycles. The van der Waals surface area contributed by atoms with E-state index in [0.717, 1.165) is 40.9 Å². The largest absolute Gasteiger partial charge is 0.323 e. The smallest absolute Gasteiger partial charge is 0.252 e. The number of H-pyrrole nitrogens is 1. The number of halogens is 1. The highest BCUT2D eigenvalue weighted by atomic mass is 35.5. The van der Waals surface area contributed by atoms with Gasteiger partial charge in [-0.15, -0.1) is 15.3 Å². The minimum atomic E-state index is -0.198. The third kappa shape index (κ3) is 3.42. The van der Waals surface area contributed by atoms with E-state index < -0.39 is 0 Å². The van der Waals surface area contributed by atoms with Crippen molar-refractivity contribution in [1.29, 1.82) is 0 Å². The number of aryl methyl sites for hydroxylation is 1. The molecule has 0 amide bonds. The van der Waals surface area contributed by atoms with Crippen LogP contribution in [0.3, 0.4) is 0 Å². The first-order valence-electron chi connectivity index (χ1n) is 10.4. The Morgan fingerprint density at radius 3 is 2.76 bits per heavy atom. The fraction of sp³-hybridized carbons (Fsp3) is 0.130. The minimum absolute atomic E-state index is 0.111. The van der Waals surface area contributed by atoms with Crippen molar-refractivity contribution in [3.63, 3.8) is 0 Å². The summed E-state index contributed by atoms with van der Waals surface area (Å²) >= 11 is 6.28. The van der Waals surface area contributed by atoms with Crippen molar-refractivity contribution in [2.75, 3.05) is 0 Å². The Bertz CT molecular complexity index is 1510. The Morgan fingerprint density at radius 1 is 1.06 bits per heavy atom. The minimum Gasteiger partial charge on any atom is -0.323 e. The van der Waals surface area contributed by atoms with E-state index >= 15 is 0 Å². The second-order valence-corrected chi connectivity index (χ2v) is 8.20. The fourth-order valence-electron chi connectivity index (χ4n) is 4.32. The Balaban J connectivity index is 1.40. The number of tetrazole rings is 1. The van der Waals surface area contributed by atoms with Gasteiger partial charge < -0.3 is 9.55 Å². The number of hydrogen-bond donors (Lipinski definition) is 1. The zero-order valence-corrected chi connectivity index (χ0v) is 17.9. The zero-order valence-electron chi connectivity index (χ0n) is 17.2. The van der Waals surface area contributed by atoms with Crippen molar-refractivity contribution in [3.05, 3.63) is 93.9 Å². The van der Waals surface area contributed by atoms with Crippen LogP contribution in [0.15, 0.2) is 65.7 Å². The molecule has 9 nitrogen and oxygen atoms in total. The molecular weight excluding hydrogens is 440 g/mol. The van der Waals surface area contributed by atoms with Crippen molar-refractivity contribution in [2.45, 2.75) is 18.9 Å². The summed E-state index contributed by atoms with van der Waals surface area (Å²) < 4.78 is 3.34. The lowest BCUT2D eigenvalue weighted by molar-refractivity contribution is 0.568. The number of benzene rings is 2. The van der Waals surface area contributed by atoms with E-state index in [-0.39, 0.29) is 11.6 Å². The molecule has 1 aliphatic rings. The predicted molar refractivity (Wildman–Crippen MR) is 121 cm³/mol. The Hall–Kier alpha value is -4.11. The summed E-state index contributed by atoms with van der Waals surface area (Å²) in [5, 5.41) is 20.6. The van der Waals surface area contributed by atoms with Crippen LogP contribution < -0.4 is 5.56 Å². The van der Waals surface area contributed by atoms with Gasteiger partial charge >= 0.3 is 0 Å². The van der Waals surface area contributed by atoms with Crippen LogP contribution in [0.1, 0.15) is 24.0 Å². The molecule has 0 fully saturated rings. The standard InChI is InChI=1S/C23H16ClN8O/c24-16-6-8-19(31-13-25-29-30-31)18(12-16)15-10-17-7-9-20(32(17)21(33)11-15)23-26-22(27-28-23)14-4-2-1-3-5-14/h2-6,8,10-13,20H,7,9H2,(H,26,27,28)/t20-/m0/s1. The normalized spacial score (nSPS) is 15.0. The lowest BCUT2D eigenvalue weighted by atomic mass is 10.0. The number of nitrogens with one attached hydrogen (secondary N) is 1. The van der Waals surface area contributed by atoms with Crippen LogP contribution in [0.4, 0.5) is 0 Å². The van der Waals surface area contributed by atoms with Gasteiger partial charge in [0.1, 0.15) is 6.33 Å². The third-order valence-electron chi connectivity index (χ3n) is 5.81. The van der Waals surface area contributed by atoms with Gasteiger partial charge in [-0.05, 0) is 59.2 Å². The fourth-order valence-corrected chi connectivity index (χ4v) is 4.49. The number of rotatable bonds is 4. The van der Waals surface area contributed by atoms with Gasteiger partial charge in [0.15, 0.2) is 11.6 Å². The van der Waals surface area contributed by atoms with Crippen molar-refractivity contribution in [3.8, 4) is 28.2 Å². The molecule has 0 aliphatic carbocycles. The number of aromatic nitrogens is 8. The second-order valence-electron chi connectivity index (χ2n) is 7.76. The summed E-state index contributed by atoms with van der Waals surface area (Å²) in [5.74, 6) is 1.34. The maximum atomic E-state index is 13.3. The highest BCUT2D eigenvalue weighted by Gasteiger charge is 2.28. The van der Waals surface area contributed by atoms with Crippen LogP contribution in [0, 0.1) is 6.07 Å². The van der Waals surface area contributed by atoms with E-state index in [0.29, 0.717) is 16.7 Å². The molecule has 2 aromatic carbocycles. The van der Waals surface area contributed by atoms with Crippen LogP contribution in [0.25, 0.3) is 28.2 Å². The van der Waals surface area contributed by atoms with Gasteiger partial charge in [-0.2, -0.15) is 4.68 Å². The maximum absolute atomic E-state index is 13.3. The van der Waals surface area contributed by atoms with E-state index in [1.54, 1.807) is 21.4 Å². The molecule has 0 saturated heterocycles. The van der Waals surface area contributed by atoms with Crippen LogP contribution in [0.5, 0.6) is 0 Å². The molecule has 0 bridgehead atoms. The Kier molecular flexibility index (Phi) is 4.62. The summed E-state index contributed by atoms with van der Waals surface area (Å²) in [6.45, 7) is 0. The van der Waals surface area contributed by atoms with E-state index in [1.807, 2.05) is 42.5 Å².